The topological polar surface area (TPSA) is 65.1 Å². The number of anilines is 1. The molecule has 0 saturated carbocycles. The molecule has 0 spiro atoms. The van der Waals surface area contributed by atoms with Crippen LogP contribution in [-0.4, -0.2) is 25.6 Å². The second-order valence-electron chi connectivity index (χ2n) is 7.03. The molecule has 28 heavy (non-hydrogen) atoms. The third-order valence-electron chi connectivity index (χ3n) is 4.47. The van der Waals surface area contributed by atoms with Crippen LogP contribution in [0.2, 0.25) is 0 Å². The van der Waals surface area contributed by atoms with E-state index in [9.17, 15) is 9.59 Å². The molecule has 6 nitrogen and oxygen atoms in total. The van der Waals surface area contributed by atoms with Crippen LogP contribution in [0.3, 0.4) is 0 Å². The summed E-state index contributed by atoms with van der Waals surface area (Å²) in [5, 5.41) is 0. The Kier molecular flexibility index (Phi) is 5.87. The van der Waals surface area contributed by atoms with Gasteiger partial charge in [-0.3, -0.25) is 4.79 Å². The van der Waals surface area contributed by atoms with Crippen LogP contribution in [-0.2, 0) is 16.1 Å². The van der Waals surface area contributed by atoms with Crippen molar-refractivity contribution in [3.63, 3.8) is 0 Å². The number of carbonyl (C=O) groups is 2. The van der Waals surface area contributed by atoms with E-state index in [2.05, 4.69) is 0 Å². The van der Waals surface area contributed by atoms with Crippen molar-refractivity contribution in [3.05, 3.63) is 47.5 Å². The van der Waals surface area contributed by atoms with Gasteiger partial charge < -0.3 is 19.1 Å². The number of para-hydroxylation sites is 1. The van der Waals surface area contributed by atoms with E-state index in [-0.39, 0.29) is 18.4 Å². The molecular weight excluding hydrogens is 358 g/mol. The predicted octanol–water partition coefficient (Wildman–Crippen LogP) is 4.56. The van der Waals surface area contributed by atoms with Crippen LogP contribution in [0.15, 0.2) is 36.4 Å². The highest BCUT2D eigenvalue weighted by molar-refractivity contribution is 5.98. The number of esters is 1. The van der Waals surface area contributed by atoms with Crippen LogP contribution < -0.4 is 14.4 Å². The van der Waals surface area contributed by atoms with Crippen LogP contribution in [0.25, 0.3) is 0 Å². The Morgan fingerprint density at radius 3 is 2.68 bits per heavy atom. The first-order valence-corrected chi connectivity index (χ1v) is 9.39. The van der Waals surface area contributed by atoms with Gasteiger partial charge in [-0.15, -0.1) is 0 Å². The van der Waals surface area contributed by atoms with Crippen molar-refractivity contribution in [1.82, 2.24) is 0 Å². The number of benzene rings is 2. The molecule has 6 heteroatoms. The third-order valence-corrected chi connectivity index (χ3v) is 4.47. The zero-order valence-electron chi connectivity index (χ0n) is 16.7. The maximum absolute atomic E-state index is 13.0. The highest BCUT2D eigenvalue weighted by Crippen LogP contribution is 2.44. The van der Waals surface area contributed by atoms with Crippen molar-refractivity contribution in [2.75, 3.05) is 18.6 Å². The summed E-state index contributed by atoms with van der Waals surface area (Å²) in [5.74, 6) is 1.41. The van der Waals surface area contributed by atoms with Crippen molar-refractivity contribution < 1.29 is 23.8 Å². The summed E-state index contributed by atoms with van der Waals surface area (Å²) in [6.45, 7) is 6.37. The molecule has 1 aliphatic rings. The highest BCUT2D eigenvalue weighted by Gasteiger charge is 2.28. The first kappa shape index (κ1) is 19.7. The fourth-order valence-corrected chi connectivity index (χ4v) is 3.17. The van der Waals surface area contributed by atoms with Gasteiger partial charge in [-0.1, -0.05) is 26.0 Å². The van der Waals surface area contributed by atoms with Crippen LogP contribution >= 0.6 is 0 Å². The number of hydrogen-bond donors (Lipinski definition) is 0. The molecule has 148 valence electrons. The predicted molar refractivity (Wildman–Crippen MR) is 106 cm³/mol. The molecule has 0 atom stereocenters. The molecule has 2 aromatic rings. The quantitative estimate of drug-likeness (QED) is 0.709. The Morgan fingerprint density at radius 2 is 2.00 bits per heavy atom. The molecule has 0 saturated heterocycles. The van der Waals surface area contributed by atoms with E-state index in [0.717, 1.165) is 5.56 Å². The number of methoxy groups -OCH3 is 1. The lowest BCUT2D eigenvalue weighted by Gasteiger charge is -2.23. The first-order chi connectivity index (χ1) is 13.4. The number of hydrogen-bond acceptors (Lipinski definition) is 5. The van der Waals surface area contributed by atoms with Crippen molar-refractivity contribution in [1.29, 1.82) is 0 Å². The number of carbonyl (C=O) groups excluding carboxylic acids is 2. The van der Waals surface area contributed by atoms with Crippen LogP contribution in [0.5, 0.6) is 17.2 Å². The normalized spacial score (nSPS) is 12.5. The zero-order valence-corrected chi connectivity index (χ0v) is 16.7. The number of ether oxygens (including phenoxy) is 3. The lowest BCUT2D eigenvalue weighted by atomic mass is 10.1. The molecule has 2 aromatic carbocycles. The molecule has 1 aliphatic heterocycles. The summed E-state index contributed by atoms with van der Waals surface area (Å²) in [6, 6.07) is 10.6. The average molecular weight is 383 g/mol. The fourth-order valence-electron chi connectivity index (χ4n) is 3.17. The molecule has 3 rings (SSSR count). The zero-order chi connectivity index (χ0) is 20.3. The summed E-state index contributed by atoms with van der Waals surface area (Å²) < 4.78 is 16.7. The third kappa shape index (κ3) is 3.96. The summed E-state index contributed by atoms with van der Waals surface area (Å²) in [7, 11) is 1.58. The Balaban J connectivity index is 2.11. The average Bonchev–Trinajstić information content (AvgIpc) is 2.83. The largest absolute Gasteiger partial charge is 0.493 e. The van der Waals surface area contributed by atoms with Crippen molar-refractivity contribution in [2.45, 2.75) is 33.7 Å². The second-order valence-corrected chi connectivity index (χ2v) is 7.03. The number of rotatable bonds is 5. The molecule has 0 unspecified atom stereocenters. The number of amides is 1. The van der Waals surface area contributed by atoms with Gasteiger partial charge in [0.05, 0.1) is 31.5 Å². The molecule has 0 N–H and O–H groups in total. The van der Waals surface area contributed by atoms with Crippen LogP contribution in [0.1, 0.15) is 43.1 Å². The molecule has 0 aromatic heterocycles. The van der Waals surface area contributed by atoms with E-state index >= 15 is 0 Å². The molecular formula is C22H25NO5. The minimum atomic E-state index is -0.430. The summed E-state index contributed by atoms with van der Waals surface area (Å²) in [5.41, 5.74) is 1.77. The van der Waals surface area contributed by atoms with Gasteiger partial charge in [-0.25, -0.2) is 4.79 Å². The fraction of sp³-hybridized carbons (Fsp3) is 0.364. The second kappa shape index (κ2) is 8.33. The summed E-state index contributed by atoms with van der Waals surface area (Å²) in [4.78, 5) is 26.9. The van der Waals surface area contributed by atoms with Gasteiger partial charge in [0.1, 0.15) is 0 Å². The van der Waals surface area contributed by atoms with Crippen molar-refractivity contribution in [3.8, 4) is 17.2 Å². The number of fused-ring (bicyclic) bond motifs is 2. The highest BCUT2D eigenvalue weighted by atomic mass is 16.5. The molecule has 0 bridgehead atoms. The molecule has 1 heterocycles. The van der Waals surface area contributed by atoms with Gasteiger partial charge in [0.15, 0.2) is 17.2 Å². The first-order valence-electron chi connectivity index (χ1n) is 9.39. The van der Waals surface area contributed by atoms with Gasteiger partial charge >= 0.3 is 5.97 Å². The van der Waals surface area contributed by atoms with E-state index in [1.807, 2.05) is 32.0 Å². The Bertz CT molecular complexity index is 890. The van der Waals surface area contributed by atoms with E-state index in [0.29, 0.717) is 41.5 Å². The monoisotopic (exact) mass is 383 g/mol. The van der Waals surface area contributed by atoms with E-state index in [1.54, 1.807) is 37.1 Å². The lowest BCUT2D eigenvalue weighted by molar-refractivity contribution is -0.119. The van der Waals surface area contributed by atoms with E-state index in [1.165, 1.54) is 0 Å². The van der Waals surface area contributed by atoms with Crippen molar-refractivity contribution >= 4 is 17.6 Å². The summed E-state index contributed by atoms with van der Waals surface area (Å²) in [6.07, 6.45) is 0.391. The Hall–Kier alpha value is -3.02. The SMILES string of the molecule is CCOC(=O)c1ccc2c(c1)N(C(=O)CC(C)C)Cc1cccc(OC)c1O2. The maximum Gasteiger partial charge on any atom is 0.338 e. The summed E-state index contributed by atoms with van der Waals surface area (Å²) >= 11 is 0. The van der Waals surface area contributed by atoms with E-state index < -0.39 is 5.97 Å². The van der Waals surface area contributed by atoms with E-state index in [4.69, 9.17) is 14.2 Å². The smallest absolute Gasteiger partial charge is 0.338 e. The Morgan fingerprint density at radius 1 is 1.21 bits per heavy atom. The minimum absolute atomic E-state index is 0.0310. The molecule has 0 radical (unpaired) electrons. The van der Waals surface area contributed by atoms with Gasteiger partial charge in [-0.05, 0) is 37.1 Å². The molecule has 0 aliphatic carbocycles. The standard InChI is InChI=1S/C22H25NO5/c1-5-27-22(25)15-9-10-18-17(12-15)23(20(24)11-14(2)3)13-16-7-6-8-19(26-4)21(16)28-18/h6-10,12,14H,5,11,13H2,1-4H3. The van der Waals surface area contributed by atoms with Gasteiger partial charge in [-0.2, -0.15) is 0 Å². The molecule has 1 amide bonds. The van der Waals surface area contributed by atoms with Gasteiger partial charge in [0.25, 0.3) is 0 Å². The van der Waals surface area contributed by atoms with Gasteiger partial charge in [0, 0.05) is 12.0 Å². The lowest BCUT2D eigenvalue weighted by Crippen LogP contribution is -2.31. The molecule has 0 fully saturated rings. The minimum Gasteiger partial charge on any atom is -0.493 e. The van der Waals surface area contributed by atoms with Crippen LogP contribution in [0, 0.1) is 5.92 Å². The maximum atomic E-state index is 13.0. The van der Waals surface area contributed by atoms with Crippen molar-refractivity contribution in [2.24, 2.45) is 5.92 Å². The van der Waals surface area contributed by atoms with Crippen LogP contribution in [0.4, 0.5) is 5.69 Å². The van der Waals surface area contributed by atoms with Gasteiger partial charge in [0.2, 0.25) is 5.91 Å². The Labute approximate surface area is 165 Å². The number of nitrogens with zero attached hydrogens (tertiary/aromatic N) is 1.